The van der Waals surface area contributed by atoms with Crippen LogP contribution in [0, 0.1) is 0 Å². The zero-order valence-corrected chi connectivity index (χ0v) is 16.2. The van der Waals surface area contributed by atoms with Crippen LogP contribution in [0.2, 0.25) is 0 Å². The van der Waals surface area contributed by atoms with E-state index < -0.39 is 0 Å². The van der Waals surface area contributed by atoms with Gasteiger partial charge in [-0.05, 0) is 60.5 Å². The number of nitrogens with zero attached hydrogens (tertiary/aromatic N) is 1. The summed E-state index contributed by atoms with van der Waals surface area (Å²) in [6.07, 6.45) is 1.02. The Labute approximate surface area is 161 Å². The molecule has 144 valence electrons. The van der Waals surface area contributed by atoms with Gasteiger partial charge in [-0.25, -0.2) is 0 Å². The molecule has 4 rings (SSSR count). The smallest absolute Gasteiger partial charge is 0.231 e. The van der Waals surface area contributed by atoms with E-state index in [2.05, 4.69) is 54.4 Å². The van der Waals surface area contributed by atoms with Gasteiger partial charge in [0.05, 0.1) is 6.04 Å². The SMILES string of the molecule is CCN(CC)CCOc1ccc2c(c1)CCNC2c1ccc2c(c1)OCO2. The van der Waals surface area contributed by atoms with Crippen LogP contribution >= 0.6 is 0 Å². The Morgan fingerprint density at radius 3 is 2.78 bits per heavy atom. The summed E-state index contributed by atoms with van der Waals surface area (Å²) in [5.41, 5.74) is 3.88. The molecular weight excluding hydrogens is 340 g/mol. The van der Waals surface area contributed by atoms with Crippen LogP contribution in [0.3, 0.4) is 0 Å². The maximum Gasteiger partial charge on any atom is 0.231 e. The molecule has 2 aromatic rings. The second-order valence-corrected chi connectivity index (χ2v) is 6.99. The maximum absolute atomic E-state index is 6.01. The first-order valence-corrected chi connectivity index (χ1v) is 9.89. The van der Waals surface area contributed by atoms with E-state index in [9.17, 15) is 0 Å². The molecule has 0 fully saturated rings. The van der Waals surface area contributed by atoms with E-state index >= 15 is 0 Å². The zero-order valence-electron chi connectivity index (χ0n) is 16.2. The zero-order chi connectivity index (χ0) is 18.6. The average Bonchev–Trinajstić information content (AvgIpc) is 3.18. The van der Waals surface area contributed by atoms with Gasteiger partial charge < -0.3 is 24.4 Å². The van der Waals surface area contributed by atoms with Gasteiger partial charge in [0.2, 0.25) is 6.79 Å². The second kappa shape index (κ2) is 8.19. The average molecular weight is 368 g/mol. The van der Waals surface area contributed by atoms with Crippen molar-refractivity contribution in [3.8, 4) is 17.2 Å². The van der Waals surface area contributed by atoms with E-state index in [-0.39, 0.29) is 6.04 Å². The van der Waals surface area contributed by atoms with Gasteiger partial charge in [0.25, 0.3) is 0 Å². The van der Waals surface area contributed by atoms with Crippen LogP contribution < -0.4 is 19.5 Å². The standard InChI is InChI=1S/C22H28N2O3/c1-3-24(4-2)11-12-25-18-6-7-19-16(13-18)9-10-23-22(19)17-5-8-20-21(14-17)27-15-26-20/h5-8,13-14,22-23H,3-4,9-12,15H2,1-2H3. The third-order valence-corrected chi connectivity index (χ3v) is 5.47. The number of hydrogen-bond acceptors (Lipinski definition) is 5. The van der Waals surface area contributed by atoms with Gasteiger partial charge in [0.15, 0.2) is 11.5 Å². The van der Waals surface area contributed by atoms with Gasteiger partial charge in [-0.2, -0.15) is 0 Å². The van der Waals surface area contributed by atoms with Gasteiger partial charge in [-0.15, -0.1) is 0 Å². The highest BCUT2D eigenvalue weighted by Gasteiger charge is 2.24. The molecule has 0 saturated carbocycles. The van der Waals surface area contributed by atoms with E-state index in [0.29, 0.717) is 6.79 Å². The summed E-state index contributed by atoms with van der Waals surface area (Å²) in [6, 6.07) is 12.9. The minimum absolute atomic E-state index is 0.174. The first-order chi connectivity index (χ1) is 13.3. The minimum Gasteiger partial charge on any atom is -0.492 e. The van der Waals surface area contributed by atoms with Crippen LogP contribution in [0.5, 0.6) is 17.2 Å². The van der Waals surface area contributed by atoms with Crippen molar-refractivity contribution in [1.29, 1.82) is 0 Å². The summed E-state index contributed by atoms with van der Waals surface area (Å²) in [5, 5.41) is 3.63. The lowest BCUT2D eigenvalue weighted by Crippen LogP contribution is -2.30. The molecule has 1 atom stereocenters. The summed E-state index contributed by atoms with van der Waals surface area (Å²) in [6.45, 7) is 9.45. The van der Waals surface area contributed by atoms with Gasteiger partial charge in [-0.1, -0.05) is 26.0 Å². The molecule has 5 heteroatoms. The van der Waals surface area contributed by atoms with Crippen LogP contribution in [0.25, 0.3) is 0 Å². The van der Waals surface area contributed by atoms with Crippen LogP contribution in [-0.4, -0.2) is 44.5 Å². The Morgan fingerprint density at radius 2 is 1.93 bits per heavy atom. The fourth-order valence-electron chi connectivity index (χ4n) is 3.85. The Balaban J connectivity index is 1.48. The second-order valence-electron chi connectivity index (χ2n) is 6.99. The van der Waals surface area contributed by atoms with Gasteiger partial charge in [-0.3, -0.25) is 0 Å². The maximum atomic E-state index is 6.01. The van der Waals surface area contributed by atoms with Crippen molar-refractivity contribution in [2.45, 2.75) is 26.3 Å². The predicted octanol–water partition coefficient (Wildman–Crippen LogP) is 3.37. The molecule has 2 aliphatic heterocycles. The minimum atomic E-state index is 0.174. The van der Waals surface area contributed by atoms with Crippen LogP contribution in [0.4, 0.5) is 0 Å². The Hall–Kier alpha value is -2.24. The van der Waals surface area contributed by atoms with Crippen LogP contribution in [-0.2, 0) is 6.42 Å². The van der Waals surface area contributed by atoms with Crippen molar-refractivity contribution in [3.05, 3.63) is 53.1 Å². The molecule has 2 aromatic carbocycles. The van der Waals surface area contributed by atoms with E-state index in [0.717, 1.165) is 56.5 Å². The highest BCUT2D eigenvalue weighted by molar-refractivity contribution is 5.49. The number of fused-ring (bicyclic) bond motifs is 2. The molecule has 1 N–H and O–H groups in total. The van der Waals surface area contributed by atoms with E-state index in [1.807, 2.05) is 6.07 Å². The third kappa shape index (κ3) is 3.89. The number of nitrogens with one attached hydrogen (secondary N) is 1. The lowest BCUT2D eigenvalue weighted by molar-refractivity contribution is 0.174. The van der Waals surface area contributed by atoms with Gasteiger partial charge >= 0.3 is 0 Å². The number of rotatable bonds is 7. The number of hydrogen-bond donors (Lipinski definition) is 1. The molecule has 2 heterocycles. The highest BCUT2D eigenvalue weighted by atomic mass is 16.7. The van der Waals surface area contributed by atoms with Crippen molar-refractivity contribution < 1.29 is 14.2 Å². The van der Waals surface area contributed by atoms with Crippen molar-refractivity contribution >= 4 is 0 Å². The van der Waals surface area contributed by atoms with Crippen molar-refractivity contribution in [2.24, 2.45) is 0 Å². The summed E-state index contributed by atoms with van der Waals surface area (Å²) in [5.74, 6) is 2.62. The fourth-order valence-corrected chi connectivity index (χ4v) is 3.85. The molecule has 2 aliphatic rings. The third-order valence-electron chi connectivity index (χ3n) is 5.47. The normalized spacial score (nSPS) is 17.8. The van der Waals surface area contributed by atoms with Crippen molar-refractivity contribution in [3.63, 3.8) is 0 Å². The summed E-state index contributed by atoms with van der Waals surface area (Å²) in [7, 11) is 0. The largest absolute Gasteiger partial charge is 0.492 e. The van der Waals surface area contributed by atoms with Crippen molar-refractivity contribution in [1.82, 2.24) is 10.2 Å². The molecule has 0 spiro atoms. The predicted molar refractivity (Wildman–Crippen MR) is 106 cm³/mol. The summed E-state index contributed by atoms with van der Waals surface area (Å²) >= 11 is 0. The molecule has 0 saturated heterocycles. The van der Waals surface area contributed by atoms with Crippen LogP contribution in [0.15, 0.2) is 36.4 Å². The Kier molecular flexibility index (Phi) is 5.50. The summed E-state index contributed by atoms with van der Waals surface area (Å²) in [4.78, 5) is 2.37. The number of benzene rings is 2. The molecule has 5 nitrogen and oxygen atoms in total. The molecule has 0 aliphatic carbocycles. The van der Waals surface area contributed by atoms with E-state index in [1.54, 1.807) is 0 Å². The monoisotopic (exact) mass is 368 g/mol. The lowest BCUT2D eigenvalue weighted by atomic mass is 9.89. The highest BCUT2D eigenvalue weighted by Crippen LogP contribution is 2.37. The van der Waals surface area contributed by atoms with Gasteiger partial charge in [0, 0.05) is 13.1 Å². The first kappa shape index (κ1) is 18.1. The molecule has 0 amide bonds. The fraction of sp³-hybridized carbons (Fsp3) is 0.455. The Morgan fingerprint density at radius 1 is 1.07 bits per heavy atom. The molecule has 1 unspecified atom stereocenters. The topological polar surface area (TPSA) is 43.0 Å². The number of ether oxygens (including phenoxy) is 3. The van der Waals surface area contributed by atoms with Gasteiger partial charge in [0.1, 0.15) is 12.4 Å². The molecular formula is C22H28N2O3. The van der Waals surface area contributed by atoms with Crippen molar-refractivity contribution in [2.75, 3.05) is 39.6 Å². The lowest BCUT2D eigenvalue weighted by Gasteiger charge is -2.28. The Bertz CT molecular complexity index is 789. The van der Waals surface area contributed by atoms with Crippen LogP contribution in [0.1, 0.15) is 36.6 Å². The first-order valence-electron chi connectivity index (χ1n) is 9.89. The summed E-state index contributed by atoms with van der Waals surface area (Å²) < 4.78 is 17.0. The van der Waals surface area contributed by atoms with E-state index in [4.69, 9.17) is 14.2 Å². The molecule has 27 heavy (non-hydrogen) atoms. The van der Waals surface area contributed by atoms with E-state index in [1.165, 1.54) is 16.7 Å². The molecule has 0 aromatic heterocycles. The molecule has 0 radical (unpaired) electrons. The number of likely N-dealkylation sites (N-methyl/N-ethyl adjacent to an activating group) is 1. The quantitative estimate of drug-likeness (QED) is 0.812. The molecule has 0 bridgehead atoms.